The van der Waals surface area contributed by atoms with Crippen molar-refractivity contribution in [2.75, 3.05) is 27.8 Å². The van der Waals surface area contributed by atoms with Crippen molar-refractivity contribution >= 4 is 5.71 Å². The Kier molecular flexibility index (Phi) is 4.76. The molecule has 0 aromatic heterocycles. The Morgan fingerprint density at radius 2 is 2.00 bits per heavy atom. The van der Waals surface area contributed by atoms with Crippen LogP contribution in [0.15, 0.2) is 23.4 Å². The Hall–Kier alpha value is -1.75. The molecule has 0 radical (unpaired) electrons. The van der Waals surface area contributed by atoms with E-state index in [0.29, 0.717) is 17.9 Å². The van der Waals surface area contributed by atoms with E-state index in [9.17, 15) is 5.21 Å². The summed E-state index contributed by atoms with van der Waals surface area (Å²) in [4.78, 5) is 2.34. The predicted molar refractivity (Wildman–Crippen MR) is 89.7 cm³/mol. The second kappa shape index (κ2) is 6.79. The van der Waals surface area contributed by atoms with Crippen LogP contribution in [-0.2, 0) is 6.42 Å². The molecular weight excluding hydrogens is 292 g/mol. The van der Waals surface area contributed by atoms with Gasteiger partial charge in [-0.3, -0.25) is 4.90 Å². The molecular formula is C18H26N2O3. The molecule has 1 aromatic rings. The Morgan fingerprint density at radius 1 is 1.22 bits per heavy atom. The fourth-order valence-corrected chi connectivity index (χ4v) is 4.26. The highest BCUT2D eigenvalue weighted by Crippen LogP contribution is 2.44. The largest absolute Gasteiger partial charge is 0.493 e. The number of hydrogen-bond donors (Lipinski definition) is 1. The topological polar surface area (TPSA) is 54.3 Å². The minimum absolute atomic E-state index is 0.305. The molecule has 1 aromatic carbocycles. The van der Waals surface area contributed by atoms with E-state index in [1.54, 1.807) is 14.2 Å². The number of oxime groups is 1. The van der Waals surface area contributed by atoms with E-state index in [0.717, 1.165) is 30.2 Å². The van der Waals surface area contributed by atoms with E-state index >= 15 is 0 Å². The monoisotopic (exact) mass is 318 g/mol. The van der Waals surface area contributed by atoms with Gasteiger partial charge in [0.1, 0.15) is 0 Å². The summed E-state index contributed by atoms with van der Waals surface area (Å²) >= 11 is 0. The lowest BCUT2D eigenvalue weighted by molar-refractivity contribution is 0.231. The van der Waals surface area contributed by atoms with Crippen molar-refractivity contribution in [1.82, 2.24) is 4.90 Å². The third-order valence-electron chi connectivity index (χ3n) is 5.43. The molecule has 2 fully saturated rings. The van der Waals surface area contributed by atoms with Crippen LogP contribution in [0.5, 0.6) is 11.5 Å². The fourth-order valence-electron chi connectivity index (χ4n) is 4.26. The van der Waals surface area contributed by atoms with Crippen molar-refractivity contribution in [3.05, 3.63) is 23.8 Å². The van der Waals surface area contributed by atoms with E-state index in [1.165, 1.54) is 24.8 Å². The number of methoxy groups -OCH3 is 2. The van der Waals surface area contributed by atoms with Crippen LogP contribution < -0.4 is 9.47 Å². The van der Waals surface area contributed by atoms with Crippen LogP contribution in [-0.4, -0.2) is 49.7 Å². The van der Waals surface area contributed by atoms with Gasteiger partial charge in [0.2, 0.25) is 0 Å². The van der Waals surface area contributed by atoms with E-state index in [4.69, 9.17) is 9.47 Å². The van der Waals surface area contributed by atoms with Gasteiger partial charge in [-0.05, 0) is 56.3 Å². The summed E-state index contributed by atoms with van der Waals surface area (Å²) in [6.45, 7) is 0.933. The van der Waals surface area contributed by atoms with Crippen molar-refractivity contribution < 1.29 is 14.7 Å². The molecule has 3 rings (SSSR count). The van der Waals surface area contributed by atoms with Crippen molar-refractivity contribution in [3.8, 4) is 11.5 Å². The molecule has 0 aliphatic heterocycles. The van der Waals surface area contributed by atoms with E-state index in [2.05, 4.69) is 23.2 Å². The molecule has 2 aliphatic rings. The van der Waals surface area contributed by atoms with Gasteiger partial charge >= 0.3 is 0 Å². The average molecular weight is 318 g/mol. The molecule has 0 saturated heterocycles. The summed E-state index contributed by atoms with van der Waals surface area (Å²) in [5.74, 6) is 2.68. The molecule has 5 heteroatoms. The van der Waals surface area contributed by atoms with Crippen LogP contribution in [0.2, 0.25) is 0 Å². The van der Waals surface area contributed by atoms with Crippen molar-refractivity contribution in [1.29, 1.82) is 0 Å². The number of benzene rings is 1. The Labute approximate surface area is 137 Å². The summed E-state index contributed by atoms with van der Waals surface area (Å²) in [6, 6.07) is 6.37. The first-order valence-electron chi connectivity index (χ1n) is 8.31. The summed E-state index contributed by atoms with van der Waals surface area (Å²) in [7, 11) is 5.44. The molecule has 0 heterocycles. The number of likely N-dealkylation sites (N-methyl/N-ethyl adjacent to an activating group) is 1. The van der Waals surface area contributed by atoms with Crippen LogP contribution in [0.4, 0.5) is 0 Å². The maximum atomic E-state index is 9.35. The van der Waals surface area contributed by atoms with Gasteiger partial charge in [-0.15, -0.1) is 0 Å². The highest BCUT2D eigenvalue weighted by Gasteiger charge is 2.47. The zero-order chi connectivity index (χ0) is 16.4. The number of rotatable bonds is 6. The lowest BCUT2D eigenvalue weighted by Crippen LogP contribution is -2.43. The second-order valence-corrected chi connectivity index (χ2v) is 6.66. The molecule has 2 aliphatic carbocycles. The van der Waals surface area contributed by atoms with Crippen LogP contribution in [0.1, 0.15) is 24.8 Å². The van der Waals surface area contributed by atoms with Gasteiger partial charge in [-0.1, -0.05) is 11.2 Å². The molecule has 3 atom stereocenters. The zero-order valence-electron chi connectivity index (χ0n) is 14.2. The molecule has 1 N–H and O–H groups in total. The quantitative estimate of drug-likeness (QED) is 0.647. The summed E-state index contributed by atoms with van der Waals surface area (Å²) < 4.78 is 10.6. The normalized spacial score (nSPS) is 27.8. The molecule has 5 nitrogen and oxygen atoms in total. The summed E-state index contributed by atoms with van der Waals surface area (Å²) in [5.41, 5.74) is 2.22. The standard InChI is InChI=1S/C18H26N2O3/c1-20(18-14-6-5-13(11-14)17(18)19-21)9-8-12-4-7-15(22-2)16(10-12)23-3/h4,7,10,13-14,18,21H,5-6,8-9,11H2,1-3H3. The SMILES string of the molecule is COc1ccc(CCN(C)C2C(=NO)C3CCC2C3)cc1OC. The average Bonchev–Trinajstić information content (AvgIpc) is 3.20. The van der Waals surface area contributed by atoms with Crippen molar-refractivity contribution in [3.63, 3.8) is 0 Å². The molecule has 2 saturated carbocycles. The summed E-state index contributed by atoms with van der Waals surface area (Å²) in [5, 5.41) is 13.0. The van der Waals surface area contributed by atoms with Gasteiger partial charge in [0.05, 0.1) is 26.0 Å². The van der Waals surface area contributed by atoms with Crippen LogP contribution in [0.3, 0.4) is 0 Å². The van der Waals surface area contributed by atoms with E-state index < -0.39 is 0 Å². The van der Waals surface area contributed by atoms with Gasteiger partial charge < -0.3 is 14.7 Å². The lowest BCUT2D eigenvalue weighted by atomic mass is 9.92. The molecule has 23 heavy (non-hydrogen) atoms. The van der Waals surface area contributed by atoms with Gasteiger partial charge in [0.25, 0.3) is 0 Å². The van der Waals surface area contributed by atoms with Gasteiger partial charge in [-0.25, -0.2) is 0 Å². The van der Waals surface area contributed by atoms with E-state index in [-0.39, 0.29) is 0 Å². The number of ether oxygens (including phenoxy) is 2. The molecule has 126 valence electrons. The van der Waals surface area contributed by atoms with E-state index in [1.807, 2.05) is 12.1 Å². The Morgan fingerprint density at radius 3 is 2.70 bits per heavy atom. The first kappa shape index (κ1) is 16.1. The number of fused-ring (bicyclic) bond motifs is 2. The third-order valence-corrected chi connectivity index (χ3v) is 5.43. The van der Waals surface area contributed by atoms with Crippen molar-refractivity contribution in [2.24, 2.45) is 17.0 Å². The summed E-state index contributed by atoms with van der Waals surface area (Å²) in [6.07, 6.45) is 4.56. The first-order chi connectivity index (χ1) is 11.2. The van der Waals surface area contributed by atoms with Crippen LogP contribution in [0, 0.1) is 11.8 Å². The lowest BCUT2D eigenvalue weighted by Gasteiger charge is -2.31. The maximum Gasteiger partial charge on any atom is 0.160 e. The van der Waals surface area contributed by atoms with Crippen LogP contribution >= 0.6 is 0 Å². The Bertz CT molecular complexity index is 588. The van der Waals surface area contributed by atoms with Crippen LogP contribution in [0.25, 0.3) is 0 Å². The third kappa shape index (κ3) is 3.02. The highest BCUT2D eigenvalue weighted by molar-refractivity contribution is 5.94. The Balaban J connectivity index is 1.64. The maximum absolute atomic E-state index is 9.35. The minimum Gasteiger partial charge on any atom is -0.493 e. The fraction of sp³-hybridized carbons (Fsp3) is 0.611. The smallest absolute Gasteiger partial charge is 0.160 e. The van der Waals surface area contributed by atoms with Gasteiger partial charge in [-0.2, -0.15) is 0 Å². The molecule has 0 amide bonds. The molecule has 2 bridgehead atoms. The number of hydrogen-bond acceptors (Lipinski definition) is 5. The zero-order valence-corrected chi connectivity index (χ0v) is 14.2. The minimum atomic E-state index is 0.305. The highest BCUT2D eigenvalue weighted by atomic mass is 16.5. The first-order valence-corrected chi connectivity index (χ1v) is 8.31. The number of nitrogens with zero attached hydrogens (tertiary/aromatic N) is 2. The molecule has 3 unspecified atom stereocenters. The van der Waals surface area contributed by atoms with Gasteiger partial charge in [0.15, 0.2) is 11.5 Å². The predicted octanol–water partition coefficient (Wildman–Crippen LogP) is 2.81. The van der Waals surface area contributed by atoms with Gasteiger partial charge in [0, 0.05) is 12.5 Å². The molecule has 0 spiro atoms. The van der Waals surface area contributed by atoms with Crippen molar-refractivity contribution in [2.45, 2.75) is 31.7 Å². The second-order valence-electron chi connectivity index (χ2n) is 6.66.